The van der Waals surface area contributed by atoms with Gasteiger partial charge in [0.05, 0.1) is 6.54 Å². The van der Waals surface area contributed by atoms with Crippen molar-refractivity contribution >= 4 is 11.8 Å². The first kappa shape index (κ1) is 18.4. The molecular weight excluding hydrogens is 314 g/mol. The van der Waals surface area contributed by atoms with Crippen LogP contribution in [0.5, 0.6) is 0 Å². The van der Waals surface area contributed by atoms with E-state index in [9.17, 15) is 9.59 Å². The molecule has 0 bridgehead atoms. The first-order chi connectivity index (χ1) is 12.2. The summed E-state index contributed by atoms with van der Waals surface area (Å²) in [7, 11) is 0. The Hall–Kier alpha value is -1.36. The number of amides is 2. The SMILES string of the molecule is O=C(CN1CCC(C(=O)N2CCCC2)CC1)NCCC1=CCCCC1. The summed E-state index contributed by atoms with van der Waals surface area (Å²) in [5.41, 5.74) is 1.51. The standard InChI is InChI=1S/C20H33N3O2/c24-19(21-11-8-17-6-2-1-3-7-17)16-22-14-9-18(10-15-22)20(25)23-12-4-5-13-23/h6,18H,1-5,7-16H2,(H,21,24). The van der Waals surface area contributed by atoms with E-state index < -0.39 is 0 Å². The zero-order valence-electron chi connectivity index (χ0n) is 15.5. The van der Waals surface area contributed by atoms with Crippen LogP contribution in [0.1, 0.15) is 57.8 Å². The molecule has 5 nitrogen and oxygen atoms in total. The number of hydrogen-bond acceptors (Lipinski definition) is 3. The van der Waals surface area contributed by atoms with E-state index >= 15 is 0 Å². The Balaban J connectivity index is 1.30. The van der Waals surface area contributed by atoms with Gasteiger partial charge in [-0.2, -0.15) is 0 Å². The van der Waals surface area contributed by atoms with E-state index in [2.05, 4.69) is 16.3 Å². The number of nitrogens with one attached hydrogen (secondary N) is 1. The summed E-state index contributed by atoms with van der Waals surface area (Å²) in [5, 5.41) is 3.06. The number of carbonyl (C=O) groups is 2. The maximum absolute atomic E-state index is 12.4. The molecule has 0 saturated carbocycles. The number of allylic oxidation sites excluding steroid dienone is 1. The van der Waals surface area contributed by atoms with Crippen LogP contribution in [0.2, 0.25) is 0 Å². The molecule has 25 heavy (non-hydrogen) atoms. The minimum absolute atomic E-state index is 0.126. The summed E-state index contributed by atoms with van der Waals surface area (Å²) >= 11 is 0. The van der Waals surface area contributed by atoms with Crippen molar-refractivity contribution in [3.8, 4) is 0 Å². The van der Waals surface area contributed by atoms with Crippen molar-refractivity contribution in [2.24, 2.45) is 5.92 Å². The van der Waals surface area contributed by atoms with Crippen LogP contribution in [0.3, 0.4) is 0 Å². The molecule has 0 radical (unpaired) electrons. The van der Waals surface area contributed by atoms with Crippen LogP contribution in [0.15, 0.2) is 11.6 Å². The fraction of sp³-hybridized carbons (Fsp3) is 0.800. The van der Waals surface area contributed by atoms with Crippen molar-refractivity contribution in [2.45, 2.75) is 57.8 Å². The van der Waals surface area contributed by atoms with Gasteiger partial charge >= 0.3 is 0 Å². The molecular formula is C20H33N3O2. The van der Waals surface area contributed by atoms with Gasteiger partial charge in [0.1, 0.15) is 0 Å². The highest BCUT2D eigenvalue weighted by Crippen LogP contribution is 2.22. The van der Waals surface area contributed by atoms with Crippen LogP contribution in [0.4, 0.5) is 0 Å². The first-order valence-electron chi connectivity index (χ1n) is 10.2. The molecule has 2 aliphatic heterocycles. The van der Waals surface area contributed by atoms with E-state index in [1.807, 2.05) is 4.90 Å². The van der Waals surface area contributed by atoms with Crippen LogP contribution in [0.25, 0.3) is 0 Å². The van der Waals surface area contributed by atoms with Gasteiger partial charge in [0.25, 0.3) is 0 Å². The fourth-order valence-corrected chi connectivity index (χ4v) is 4.29. The lowest BCUT2D eigenvalue weighted by molar-refractivity contribution is -0.136. The van der Waals surface area contributed by atoms with Gasteiger partial charge in [-0.1, -0.05) is 11.6 Å². The highest BCUT2D eigenvalue weighted by molar-refractivity contribution is 5.79. The third kappa shape index (κ3) is 5.56. The molecule has 1 aliphatic carbocycles. The highest BCUT2D eigenvalue weighted by Gasteiger charge is 2.30. The Morgan fingerprint density at radius 3 is 2.48 bits per heavy atom. The second-order valence-corrected chi connectivity index (χ2v) is 7.79. The first-order valence-corrected chi connectivity index (χ1v) is 10.2. The predicted octanol–water partition coefficient (Wildman–Crippen LogP) is 2.33. The van der Waals surface area contributed by atoms with Crippen molar-refractivity contribution < 1.29 is 9.59 Å². The number of nitrogens with zero attached hydrogens (tertiary/aromatic N) is 2. The Bertz CT molecular complexity index is 489. The van der Waals surface area contributed by atoms with Gasteiger partial charge in [0, 0.05) is 25.6 Å². The van der Waals surface area contributed by atoms with Gasteiger partial charge in [0.15, 0.2) is 0 Å². The largest absolute Gasteiger partial charge is 0.355 e. The molecule has 0 atom stereocenters. The summed E-state index contributed by atoms with van der Waals surface area (Å²) in [6.45, 7) is 4.85. The molecule has 2 saturated heterocycles. The maximum Gasteiger partial charge on any atom is 0.234 e. The average Bonchev–Trinajstić information content (AvgIpc) is 3.17. The molecule has 5 heteroatoms. The van der Waals surface area contributed by atoms with Crippen LogP contribution in [-0.4, -0.2) is 60.9 Å². The summed E-state index contributed by atoms with van der Waals surface area (Å²) in [5.74, 6) is 0.652. The van der Waals surface area contributed by atoms with Crippen LogP contribution in [0, 0.1) is 5.92 Å². The van der Waals surface area contributed by atoms with E-state index in [4.69, 9.17) is 0 Å². The maximum atomic E-state index is 12.4. The Morgan fingerprint density at radius 1 is 1.04 bits per heavy atom. The van der Waals surface area contributed by atoms with E-state index in [1.54, 1.807) is 0 Å². The lowest BCUT2D eigenvalue weighted by Gasteiger charge is -2.32. The van der Waals surface area contributed by atoms with Crippen molar-refractivity contribution in [1.29, 1.82) is 0 Å². The summed E-state index contributed by atoms with van der Waals surface area (Å²) in [4.78, 5) is 28.8. The summed E-state index contributed by atoms with van der Waals surface area (Å²) in [6, 6.07) is 0. The molecule has 3 rings (SSSR count). The topological polar surface area (TPSA) is 52.7 Å². The lowest BCUT2D eigenvalue weighted by Crippen LogP contribution is -2.45. The normalized spacial score (nSPS) is 22.7. The third-order valence-corrected chi connectivity index (χ3v) is 5.88. The van der Waals surface area contributed by atoms with Gasteiger partial charge in [-0.05, 0) is 70.9 Å². The van der Waals surface area contributed by atoms with Crippen LogP contribution < -0.4 is 5.32 Å². The van der Waals surface area contributed by atoms with Gasteiger partial charge in [-0.3, -0.25) is 14.5 Å². The Kier molecular flexibility index (Phi) is 6.91. The van der Waals surface area contributed by atoms with Gasteiger partial charge in [0.2, 0.25) is 11.8 Å². The molecule has 140 valence electrons. The summed E-state index contributed by atoms with van der Waals surface area (Å²) < 4.78 is 0. The molecule has 0 unspecified atom stereocenters. The van der Waals surface area contributed by atoms with Gasteiger partial charge in [-0.25, -0.2) is 0 Å². The van der Waals surface area contributed by atoms with Crippen molar-refractivity contribution in [2.75, 3.05) is 39.3 Å². The lowest BCUT2D eigenvalue weighted by atomic mass is 9.95. The molecule has 3 aliphatic rings. The van der Waals surface area contributed by atoms with E-state index in [1.165, 1.54) is 31.3 Å². The number of rotatable bonds is 6. The zero-order valence-corrected chi connectivity index (χ0v) is 15.5. The number of carbonyl (C=O) groups excluding carboxylic acids is 2. The minimum Gasteiger partial charge on any atom is -0.355 e. The summed E-state index contributed by atoms with van der Waals surface area (Å²) in [6.07, 6.45) is 12.5. The predicted molar refractivity (Wildman–Crippen MR) is 99.2 cm³/mol. The third-order valence-electron chi connectivity index (χ3n) is 5.88. The molecule has 2 amide bonds. The quantitative estimate of drug-likeness (QED) is 0.750. The second-order valence-electron chi connectivity index (χ2n) is 7.79. The Labute approximate surface area is 151 Å². The second kappa shape index (κ2) is 9.37. The average molecular weight is 348 g/mol. The van der Waals surface area contributed by atoms with Gasteiger partial charge in [-0.15, -0.1) is 0 Å². The highest BCUT2D eigenvalue weighted by atomic mass is 16.2. The molecule has 2 fully saturated rings. The van der Waals surface area contributed by atoms with Crippen molar-refractivity contribution in [1.82, 2.24) is 15.1 Å². The van der Waals surface area contributed by atoms with Crippen molar-refractivity contribution in [3.63, 3.8) is 0 Å². The van der Waals surface area contributed by atoms with E-state index in [0.29, 0.717) is 12.5 Å². The molecule has 0 aromatic rings. The fourth-order valence-electron chi connectivity index (χ4n) is 4.29. The van der Waals surface area contributed by atoms with Gasteiger partial charge < -0.3 is 10.2 Å². The Morgan fingerprint density at radius 2 is 1.80 bits per heavy atom. The smallest absolute Gasteiger partial charge is 0.234 e. The number of likely N-dealkylation sites (tertiary alicyclic amines) is 2. The van der Waals surface area contributed by atoms with E-state index in [-0.39, 0.29) is 11.8 Å². The molecule has 2 heterocycles. The van der Waals surface area contributed by atoms with Crippen molar-refractivity contribution in [3.05, 3.63) is 11.6 Å². The number of piperidine rings is 1. The molecule has 1 N–H and O–H groups in total. The minimum atomic E-state index is 0.126. The monoisotopic (exact) mass is 347 g/mol. The molecule has 0 aromatic heterocycles. The van der Waals surface area contributed by atoms with E-state index in [0.717, 1.165) is 64.8 Å². The van der Waals surface area contributed by atoms with Crippen LogP contribution in [-0.2, 0) is 9.59 Å². The molecule has 0 spiro atoms. The molecule has 0 aromatic carbocycles. The zero-order chi connectivity index (χ0) is 17.5. The number of hydrogen-bond donors (Lipinski definition) is 1. The van der Waals surface area contributed by atoms with Crippen LogP contribution >= 0.6 is 0 Å².